The van der Waals surface area contributed by atoms with Crippen molar-refractivity contribution in [3.05, 3.63) is 107 Å². The van der Waals surface area contributed by atoms with E-state index in [4.69, 9.17) is 11.6 Å². The van der Waals surface area contributed by atoms with Gasteiger partial charge in [0, 0.05) is 30.7 Å². The van der Waals surface area contributed by atoms with Crippen molar-refractivity contribution in [1.29, 1.82) is 0 Å². The lowest BCUT2D eigenvalue weighted by Gasteiger charge is -2.32. The molecule has 1 amide bonds. The first kappa shape index (κ1) is 26.0. The normalized spacial score (nSPS) is 14.8. The average molecular weight is 550 g/mol. The Hall–Kier alpha value is -3.66. The Morgan fingerprint density at radius 1 is 0.921 bits per heavy atom. The molecule has 0 radical (unpaired) electrons. The zero-order valence-corrected chi connectivity index (χ0v) is 22.2. The molecule has 0 saturated carbocycles. The summed E-state index contributed by atoms with van der Waals surface area (Å²) in [6.45, 7) is 2.60. The Kier molecular flexibility index (Phi) is 7.78. The first-order valence-electron chi connectivity index (χ1n) is 12.4. The van der Waals surface area contributed by atoms with Crippen molar-refractivity contribution in [3.8, 4) is 5.69 Å². The topological polar surface area (TPSA) is 96.3 Å². The summed E-state index contributed by atoms with van der Waals surface area (Å²) in [7, 11) is -4.01. The van der Waals surface area contributed by atoms with Crippen LogP contribution in [-0.4, -0.2) is 48.1 Å². The lowest BCUT2D eigenvalue weighted by atomic mass is 10.0. The first-order chi connectivity index (χ1) is 18.4. The minimum absolute atomic E-state index is 0.0182. The number of carbonyl (C=O) groups is 1. The second-order valence-electron chi connectivity index (χ2n) is 9.22. The number of nitrogens with zero attached hydrogens (tertiary/aromatic N) is 3. The molecule has 10 heteroatoms. The zero-order valence-electron chi connectivity index (χ0n) is 20.6. The second kappa shape index (κ2) is 11.4. The van der Waals surface area contributed by atoms with Gasteiger partial charge in [0.05, 0.1) is 16.8 Å². The van der Waals surface area contributed by atoms with E-state index in [0.717, 1.165) is 32.5 Å². The third-order valence-corrected chi connectivity index (χ3v) is 8.15. The van der Waals surface area contributed by atoms with Gasteiger partial charge >= 0.3 is 0 Å². The van der Waals surface area contributed by atoms with Gasteiger partial charge < -0.3 is 5.32 Å². The van der Waals surface area contributed by atoms with E-state index in [-0.39, 0.29) is 28.2 Å². The minimum atomic E-state index is -4.01. The third-order valence-electron chi connectivity index (χ3n) is 6.54. The van der Waals surface area contributed by atoms with E-state index in [0.29, 0.717) is 10.7 Å². The predicted molar refractivity (Wildman–Crippen MR) is 148 cm³/mol. The van der Waals surface area contributed by atoms with Crippen molar-refractivity contribution in [2.45, 2.75) is 30.3 Å². The smallest absolute Gasteiger partial charge is 0.263 e. The van der Waals surface area contributed by atoms with Gasteiger partial charge in [0.15, 0.2) is 5.82 Å². The van der Waals surface area contributed by atoms with E-state index < -0.39 is 10.0 Å². The summed E-state index contributed by atoms with van der Waals surface area (Å²) in [5.41, 5.74) is 2.04. The third kappa shape index (κ3) is 6.07. The number of amides is 1. The molecule has 0 aliphatic carbocycles. The predicted octanol–water partition coefficient (Wildman–Crippen LogP) is 4.72. The molecule has 8 nitrogen and oxygen atoms in total. The average Bonchev–Trinajstić information content (AvgIpc) is 3.34. The highest BCUT2D eigenvalue weighted by Crippen LogP contribution is 2.25. The molecule has 1 saturated heterocycles. The molecule has 5 rings (SSSR count). The van der Waals surface area contributed by atoms with Crippen LogP contribution in [-0.2, 0) is 16.6 Å². The van der Waals surface area contributed by atoms with Crippen molar-refractivity contribution in [3.63, 3.8) is 0 Å². The van der Waals surface area contributed by atoms with Crippen LogP contribution in [0, 0.1) is 0 Å². The van der Waals surface area contributed by atoms with Gasteiger partial charge in [-0.3, -0.25) is 14.4 Å². The van der Waals surface area contributed by atoms with Crippen molar-refractivity contribution in [2.24, 2.45) is 0 Å². The fraction of sp³-hybridized carbons (Fsp3) is 0.214. The number of sulfonamides is 1. The molecular weight excluding hydrogens is 522 g/mol. The van der Waals surface area contributed by atoms with Crippen LogP contribution >= 0.6 is 11.6 Å². The van der Waals surface area contributed by atoms with Crippen molar-refractivity contribution in [2.75, 3.05) is 17.8 Å². The number of piperidine rings is 1. The van der Waals surface area contributed by atoms with Gasteiger partial charge in [-0.05, 0) is 54.8 Å². The van der Waals surface area contributed by atoms with Gasteiger partial charge in [-0.2, -0.15) is 5.10 Å². The van der Waals surface area contributed by atoms with Gasteiger partial charge in [-0.15, -0.1) is 0 Å². The van der Waals surface area contributed by atoms with Crippen molar-refractivity contribution >= 4 is 33.3 Å². The van der Waals surface area contributed by atoms with Crippen LogP contribution in [0.2, 0.25) is 5.02 Å². The van der Waals surface area contributed by atoms with Crippen molar-refractivity contribution < 1.29 is 13.2 Å². The maximum atomic E-state index is 13.4. The number of carbonyl (C=O) groups excluding carboxylic acids is 1. The number of benzene rings is 3. The number of para-hydroxylation sites is 1. The molecule has 0 atom stereocenters. The number of hydrogen-bond acceptors (Lipinski definition) is 5. The van der Waals surface area contributed by atoms with E-state index in [2.05, 4.69) is 32.2 Å². The van der Waals surface area contributed by atoms with Crippen LogP contribution in [0.5, 0.6) is 0 Å². The van der Waals surface area contributed by atoms with Crippen molar-refractivity contribution in [1.82, 2.24) is 20.0 Å². The van der Waals surface area contributed by atoms with Crippen LogP contribution in [0.25, 0.3) is 5.69 Å². The lowest BCUT2D eigenvalue weighted by molar-refractivity contribution is 0.0910. The molecule has 4 aromatic rings. The number of rotatable bonds is 8. The zero-order chi connectivity index (χ0) is 26.5. The van der Waals surface area contributed by atoms with Gasteiger partial charge in [0.25, 0.3) is 15.9 Å². The van der Waals surface area contributed by atoms with Gasteiger partial charge in [0.1, 0.15) is 5.56 Å². The van der Waals surface area contributed by atoms with Crippen LogP contribution < -0.4 is 10.0 Å². The lowest BCUT2D eigenvalue weighted by Crippen LogP contribution is -2.44. The van der Waals surface area contributed by atoms with E-state index >= 15 is 0 Å². The molecule has 38 heavy (non-hydrogen) atoms. The molecule has 1 aromatic heterocycles. The number of likely N-dealkylation sites (tertiary alicyclic amines) is 1. The van der Waals surface area contributed by atoms with E-state index in [9.17, 15) is 13.2 Å². The number of hydrogen-bond donors (Lipinski definition) is 2. The molecule has 2 heterocycles. The Morgan fingerprint density at radius 3 is 2.21 bits per heavy atom. The molecule has 0 unspecified atom stereocenters. The highest BCUT2D eigenvalue weighted by Gasteiger charge is 2.27. The largest absolute Gasteiger partial charge is 0.349 e. The molecule has 1 aliphatic heterocycles. The number of anilines is 1. The maximum absolute atomic E-state index is 13.4. The summed E-state index contributed by atoms with van der Waals surface area (Å²) in [4.78, 5) is 15.8. The quantitative estimate of drug-likeness (QED) is 0.331. The summed E-state index contributed by atoms with van der Waals surface area (Å²) < 4.78 is 30.4. The van der Waals surface area contributed by atoms with Gasteiger partial charge in [-0.25, -0.2) is 13.1 Å². The van der Waals surface area contributed by atoms with Crippen LogP contribution in [0.1, 0.15) is 28.8 Å². The maximum Gasteiger partial charge on any atom is 0.263 e. The number of halogens is 1. The summed E-state index contributed by atoms with van der Waals surface area (Å²) >= 11 is 5.93. The van der Waals surface area contributed by atoms with E-state index in [1.807, 2.05) is 36.4 Å². The molecule has 196 valence electrons. The Balaban J connectivity index is 1.33. The SMILES string of the molecule is O=C(NC1CCN(Cc2ccccc2)CC1)c1cnn(-c2ccccc2)c1NS(=O)(=O)c1ccc(Cl)cc1. The second-order valence-corrected chi connectivity index (χ2v) is 11.3. The standard InChI is InChI=1S/C28H28ClN5O3S/c29-22-11-13-25(14-12-22)38(36,37)32-27-26(19-30-34(27)24-9-5-2-6-10-24)28(35)31-23-15-17-33(18-16-23)20-21-7-3-1-4-8-21/h1-14,19,23,32H,15-18,20H2,(H,31,35). The monoisotopic (exact) mass is 549 g/mol. The molecular formula is C28H28ClN5O3S. The minimum Gasteiger partial charge on any atom is -0.349 e. The molecule has 3 aromatic carbocycles. The van der Waals surface area contributed by atoms with E-state index in [1.54, 1.807) is 12.1 Å². The Morgan fingerprint density at radius 2 is 1.55 bits per heavy atom. The fourth-order valence-corrected chi connectivity index (χ4v) is 5.71. The number of nitrogens with one attached hydrogen (secondary N) is 2. The number of aromatic nitrogens is 2. The van der Waals surface area contributed by atoms with Crippen LogP contribution in [0.3, 0.4) is 0 Å². The molecule has 0 bridgehead atoms. The summed E-state index contributed by atoms with van der Waals surface area (Å²) in [6.07, 6.45) is 3.00. The summed E-state index contributed by atoms with van der Waals surface area (Å²) in [5, 5.41) is 7.86. The molecule has 0 spiro atoms. The molecule has 1 aliphatic rings. The summed E-state index contributed by atoms with van der Waals surface area (Å²) in [5.74, 6) is -0.298. The van der Waals surface area contributed by atoms with Gasteiger partial charge in [-0.1, -0.05) is 60.1 Å². The van der Waals surface area contributed by atoms with Crippen LogP contribution in [0.4, 0.5) is 5.82 Å². The molecule has 1 fully saturated rings. The van der Waals surface area contributed by atoms with Gasteiger partial charge in [0.2, 0.25) is 0 Å². The highest BCUT2D eigenvalue weighted by atomic mass is 35.5. The van der Waals surface area contributed by atoms with Crippen LogP contribution in [0.15, 0.2) is 96.0 Å². The summed E-state index contributed by atoms with van der Waals surface area (Å²) in [6, 6.07) is 25.2. The highest BCUT2D eigenvalue weighted by molar-refractivity contribution is 7.92. The Labute approximate surface area is 227 Å². The Bertz CT molecular complexity index is 1480. The molecule has 2 N–H and O–H groups in total. The fourth-order valence-electron chi connectivity index (χ4n) is 4.52. The first-order valence-corrected chi connectivity index (χ1v) is 14.2. The van der Waals surface area contributed by atoms with E-state index in [1.165, 1.54) is 40.7 Å².